The topological polar surface area (TPSA) is 49.7 Å². The van der Waals surface area contributed by atoms with Crippen molar-refractivity contribution in [3.8, 4) is 0 Å². The first-order chi connectivity index (χ1) is 3.31. The smallest absolute Gasteiger partial charge is 0.100 e. The predicted octanol–water partition coefficient (Wildman–Crippen LogP) is -1.01. The lowest BCUT2D eigenvalue weighted by molar-refractivity contribution is 0.0254. The zero-order valence-electron chi connectivity index (χ0n) is 4.29. The van der Waals surface area contributed by atoms with Crippen LogP contribution in [0.1, 0.15) is 0 Å². The van der Waals surface area contributed by atoms with Gasteiger partial charge in [0.1, 0.15) is 6.10 Å². The Hall–Kier alpha value is -0.120. The van der Waals surface area contributed by atoms with Gasteiger partial charge in [-0.25, -0.2) is 0 Å². The van der Waals surface area contributed by atoms with Crippen molar-refractivity contribution >= 4 is 0 Å². The predicted molar refractivity (Wildman–Crippen MR) is 25.0 cm³/mol. The second-order valence-corrected chi connectivity index (χ2v) is 1.29. The van der Waals surface area contributed by atoms with Crippen molar-refractivity contribution < 1.29 is 14.9 Å². The van der Waals surface area contributed by atoms with Crippen LogP contribution in [0.2, 0.25) is 0 Å². The highest BCUT2D eigenvalue weighted by molar-refractivity contribution is 4.46. The molecule has 0 amide bonds. The molecule has 0 radical (unpaired) electrons. The summed E-state index contributed by atoms with van der Waals surface area (Å²) in [6.45, 7) is -0.0235. The molecular weight excluding hydrogens is 96.0 g/mol. The molecule has 0 bridgehead atoms. The van der Waals surface area contributed by atoms with E-state index in [0.717, 1.165) is 0 Å². The van der Waals surface area contributed by atoms with Crippen LogP contribution >= 0.6 is 0 Å². The van der Waals surface area contributed by atoms with Gasteiger partial charge in [-0.2, -0.15) is 0 Å². The number of hydrogen-bond acceptors (Lipinski definition) is 3. The summed E-state index contributed by atoms with van der Waals surface area (Å²) in [5.74, 6) is 0. The van der Waals surface area contributed by atoms with Crippen molar-refractivity contribution in [1.82, 2.24) is 0 Å². The van der Waals surface area contributed by atoms with E-state index in [9.17, 15) is 0 Å². The number of hydrogen-bond donors (Lipinski definition) is 2. The van der Waals surface area contributed by atoms with Crippen LogP contribution < -0.4 is 0 Å². The van der Waals surface area contributed by atoms with Gasteiger partial charge in [0, 0.05) is 7.11 Å². The number of aliphatic hydroxyl groups is 2. The summed E-state index contributed by atoms with van der Waals surface area (Å²) >= 11 is 0. The highest BCUT2D eigenvalue weighted by Gasteiger charge is 1.96. The van der Waals surface area contributed by atoms with Gasteiger partial charge in [0.2, 0.25) is 0 Å². The molecule has 0 spiro atoms. The van der Waals surface area contributed by atoms with Gasteiger partial charge >= 0.3 is 0 Å². The maximum absolute atomic E-state index is 8.48. The molecule has 0 saturated heterocycles. The fourth-order valence-electron chi connectivity index (χ4n) is 0.245. The number of ether oxygens (including phenoxy) is 1. The lowest BCUT2D eigenvalue weighted by Gasteiger charge is -2.01. The van der Waals surface area contributed by atoms with Gasteiger partial charge < -0.3 is 14.9 Å². The standard InChI is InChI=1S/C4H10O3/c1-7-3-4(6)2-5/h4-6H,2-3H2,1H3/t4-/m1/s1. The molecule has 7 heavy (non-hydrogen) atoms. The molecule has 0 rings (SSSR count). The Morgan fingerprint density at radius 2 is 2.29 bits per heavy atom. The summed E-state index contributed by atoms with van der Waals surface area (Å²) in [4.78, 5) is 0. The minimum absolute atomic E-state index is 0.205. The van der Waals surface area contributed by atoms with Crippen molar-refractivity contribution in [1.29, 1.82) is 0 Å². The van der Waals surface area contributed by atoms with Crippen molar-refractivity contribution in [2.45, 2.75) is 6.10 Å². The Morgan fingerprint density at radius 1 is 1.71 bits per heavy atom. The number of rotatable bonds is 3. The molecule has 3 nitrogen and oxygen atoms in total. The summed E-state index contributed by atoms with van der Waals surface area (Å²) in [5, 5.41) is 16.6. The third kappa shape index (κ3) is 3.72. The van der Waals surface area contributed by atoms with Crippen molar-refractivity contribution in [2.24, 2.45) is 0 Å². The minimum atomic E-state index is -0.718. The van der Waals surface area contributed by atoms with Gasteiger partial charge in [-0.05, 0) is 0 Å². The lowest BCUT2D eigenvalue weighted by atomic mass is 10.4. The van der Waals surface area contributed by atoms with E-state index in [4.69, 9.17) is 10.2 Å². The third-order valence-electron chi connectivity index (χ3n) is 0.570. The third-order valence-corrected chi connectivity index (χ3v) is 0.570. The number of methoxy groups -OCH3 is 1. The zero-order valence-corrected chi connectivity index (χ0v) is 4.29. The highest BCUT2D eigenvalue weighted by Crippen LogP contribution is 1.77. The highest BCUT2D eigenvalue weighted by atomic mass is 16.5. The first-order valence-electron chi connectivity index (χ1n) is 2.09. The van der Waals surface area contributed by atoms with Crippen LogP contribution in [0.25, 0.3) is 0 Å². The Morgan fingerprint density at radius 3 is 2.43 bits per heavy atom. The monoisotopic (exact) mass is 106 g/mol. The quantitative estimate of drug-likeness (QED) is 0.484. The van der Waals surface area contributed by atoms with Crippen LogP contribution in [0.15, 0.2) is 0 Å². The molecule has 1 atom stereocenters. The fourth-order valence-corrected chi connectivity index (χ4v) is 0.245. The largest absolute Gasteiger partial charge is 0.394 e. The molecule has 3 heteroatoms. The van der Waals surface area contributed by atoms with E-state index < -0.39 is 6.10 Å². The van der Waals surface area contributed by atoms with Crippen LogP contribution in [0.3, 0.4) is 0 Å². The summed E-state index contributed by atoms with van der Waals surface area (Å²) in [5.41, 5.74) is 0. The molecule has 0 aliphatic rings. The molecule has 0 unspecified atom stereocenters. The van der Waals surface area contributed by atoms with Crippen LogP contribution in [-0.4, -0.2) is 36.6 Å². The van der Waals surface area contributed by atoms with Crippen LogP contribution in [0, 0.1) is 0 Å². The molecule has 44 valence electrons. The first-order valence-corrected chi connectivity index (χ1v) is 2.09. The van der Waals surface area contributed by atoms with Crippen LogP contribution in [0.4, 0.5) is 0 Å². The molecule has 0 aromatic heterocycles. The van der Waals surface area contributed by atoms with Crippen LogP contribution in [-0.2, 0) is 4.74 Å². The van der Waals surface area contributed by atoms with Gasteiger partial charge in [-0.15, -0.1) is 0 Å². The Balaban J connectivity index is 2.83. The van der Waals surface area contributed by atoms with E-state index >= 15 is 0 Å². The van der Waals surface area contributed by atoms with E-state index in [1.54, 1.807) is 0 Å². The fraction of sp³-hybridized carbons (Fsp3) is 1.00. The molecule has 0 fully saturated rings. The maximum Gasteiger partial charge on any atom is 0.100 e. The Labute approximate surface area is 42.5 Å². The number of aliphatic hydroxyl groups excluding tert-OH is 2. The van der Waals surface area contributed by atoms with Crippen LogP contribution in [0.5, 0.6) is 0 Å². The molecule has 2 N–H and O–H groups in total. The van der Waals surface area contributed by atoms with Crippen molar-refractivity contribution in [3.05, 3.63) is 0 Å². The zero-order chi connectivity index (χ0) is 5.70. The SMILES string of the molecule is COC[C@H](O)CO. The van der Waals surface area contributed by atoms with E-state index in [1.807, 2.05) is 0 Å². The average molecular weight is 106 g/mol. The second-order valence-electron chi connectivity index (χ2n) is 1.29. The second kappa shape index (κ2) is 4.05. The normalized spacial score (nSPS) is 14.1. The molecule has 0 heterocycles. The first kappa shape index (κ1) is 6.88. The summed E-state index contributed by atoms with van der Waals surface area (Å²) in [6.07, 6.45) is -0.718. The van der Waals surface area contributed by atoms with Gasteiger partial charge in [-0.3, -0.25) is 0 Å². The summed E-state index contributed by atoms with van der Waals surface area (Å²) in [7, 11) is 1.47. The van der Waals surface area contributed by atoms with Gasteiger partial charge in [0.25, 0.3) is 0 Å². The molecule has 0 aromatic carbocycles. The maximum atomic E-state index is 8.48. The Bertz CT molecular complexity index is 37.9. The van der Waals surface area contributed by atoms with Gasteiger partial charge in [0.05, 0.1) is 13.2 Å². The molecular formula is C4H10O3. The van der Waals surface area contributed by atoms with Gasteiger partial charge in [0.15, 0.2) is 0 Å². The van der Waals surface area contributed by atoms with E-state index in [-0.39, 0.29) is 13.2 Å². The van der Waals surface area contributed by atoms with E-state index in [2.05, 4.69) is 4.74 Å². The molecule has 0 aromatic rings. The van der Waals surface area contributed by atoms with Crippen molar-refractivity contribution in [3.63, 3.8) is 0 Å². The summed E-state index contributed by atoms with van der Waals surface area (Å²) < 4.78 is 4.48. The molecule has 0 aliphatic carbocycles. The minimum Gasteiger partial charge on any atom is -0.394 e. The average Bonchev–Trinajstić information content (AvgIpc) is 1.68. The van der Waals surface area contributed by atoms with E-state index in [0.29, 0.717) is 0 Å². The summed E-state index contributed by atoms with van der Waals surface area (Å²) in [6, 6.07) is 0. The lowest BCUT2D eigenvalue weighted by Crippen LogP contribution is -2.17. The van der Waals surface area contributed by atoms with E-state index in [1.165, 1.54) is 7.11 Å². The molecule has 0 saturated carbocycles. The molecule has 0 aliphatic heterocycles. The van der Waals surface area contributed by atoms with Crippen molar-refractivity contribution in [2.75, 3.05) is 20.3 Å². The van der Waals surface area contributed by atoms with Gasteiger partial charge in [-0.1, -0.05) is 0 Å². The Kier molecular flexibility index (Phi) is 3.98.